The van der Waals surface area contributed by atoms with E-state index in [1.807, 2.05) is 0 Å². The Hall–Kier alpha value is -1.83. The average molecular weight is 343 g/mol. The van der Waals surface area contributed by atoms with Gasteiger partial charge in [-0.1, -0.05) is 19.3 Å². The Morgan fingerprint density at radius 2 is 1.92 bits per heavy atom. The number of amides is 3. The summed E-state index contributed by atoms with van der Waals surface area (Å²) in [4.78, 5) is 34.5. The van der Waals surface area contributed by atoms with Crippen molar-refractivity contribution in [3.8, 4) is 0 Å². The minimum absolute atomic E-state index is 0.167. The number of hydrogen-bond acceptors (Lipinski definition) is 4. The number of hydrogen-bond donors (Lipinski definition) is 4. The summed E-state index contributed by atoms with van der Waals surface area (Å²) in [6.45, 7) is 0.641. The van der Waals surface area contributed by atoms with E-state index in [2.05, 4.69) is 16.0 Å². The first-order valence-corrected chi connectivity index (χ1v) is 8.58. The van der Waals surface area contributed by atoms with Crippen molar-refractivity contribution in [1.29, 1.82) is 0 Å². The maximum Gasteiger partial charge on any atom is 0.326 e. The van der Waals surface area contributed by atoms with Crippen LogP contribution in [0.3, 0.4) is 0 Å². The lowest BCUT2D eigenvalue weighted by molar-refractivity contribution is -0.142. The van der Waals surface area contributed by atoms with Crippen LogP contribution in [0.1, 0.15) is 51.4 Å². The summed E-state index contributed by atoms with van der Waals surface area (Å²) >= 11 is 0. The third-order valence-corrected chi connectivity index (χ3v) is 4.05. The Balaban J connectivity index is 2.13. The summed E-state index contributed by atoms with van der Waals surface area (Å²) < 4.78 is 4.82. The highest BCUT2D eigenvalue weighted by Gasteiger charge is 2.19. The number of carboxylic acid groups (broad SMARTS) is 1. The summed E-state index contributed by atoms with van der Waals surface area (Å²) in [7, 11) is 1.48. The summed E-state index contributed by atoms with van der Waals surface area (Å²) in [5.41, 5.74) is 0. The molecule has 1 aliphatic carbocycles. The fourth-order valence-electron chi connectivity index (χ4n) is 2.69. The largest absolute Gasteiger partial charge is 0.480 e. The van der Waals surface area contributed by atoms with Gasteiger partial charge >= 0.3 is 12.0 Å². The molecule has 1 saturated carbocycles. The summed E-state index contributed by atoms with van der Waals surface area (Å²) in [5, 5.41) is 17.1. The van der Waals surface area contributed by atoms with Crippen LogP contribution in [0.4, 0.5) is 4.79 Å². The van der Waals surface area contributed by atoms with E-state index >= 15 is 0 Å². The van der Waals surface area contributed by atoms with Gasteiger partial charge in [-0.3, -0.25) is 4.79 Å². The zero-order chi connectivity index (χ0) is 17.8. The number of aliphatic carboxylic acids is 1. The number of nitrogens with one attached hydrogen (secondary N) is 3. The van der Waals surface area contributed by atoms with Gasteiger partial charge in [0.1, 0.15) is 6.04 Å². The molecule has 0 aliphatic heterocycles. The van der Waals surface area contributed by atoms with E-state index in [-0.39, 0.29) is 37.4 Å². The molecule has 1 rings (SSSR count). The molecule has 4 N–H and O–H groups in total. The van der Waals surface area contributed by atoms with Gasteiger partial charge < -0.3 is 25.8 Å². The van der Waals surface area contributed by atoms with E-state index in [9.17, 15) is 14.4 Å². The number of methoxy groups -OCH3 is 1. The first-order chi connectivity index (χ1) is 11.5. The molecule has 24 heavy (non-hydrogen) atoms. The van der Waals surface area contributed by atoms with Crippen LogP contribution in [0.5, 0.6) is 0 Å². The predicted octanol–water partition coefficient (Wildman–Crippen LogP) is 1.00. The SMILES string of the molecule is COCCC(NC(=O)CCCNC(=O)NC1CCCCC1)C(=O)O. The van der Waals surface area contributed by atoms with Crippen LogP contribution in [0.2, 0.25) is 0 Å². The van der Waals surface area contributed by atoms with Crippen molar-refractivity contribution < 1.29 is 24.2 Å². The van der Waals surface area contributed by atoms with Gasteiger partial charge in [0.05, 0.1) is 0 Å². The molecular formula is C16H29N3O5. The second-order valence-corrected chi connectivity index (χ2v) is 6.08. The second kappa shape index (κ2) is 11.7. The van der Waals surface area contributed by atoms with Crippen molar-refractivity contribution >= 4 is 17.9 Å². The third kappa shape index (κ3) is 8.71. The zero-order valence-electron chi connectivity index (χ0n) is 14.3. The average Bonchev–Trinajstić information content (AvgIpc) is 2.56. The topological polar surface area (TPSA) is 117 Å². The molecular weight excluding hydrogens is 314 g/mol. The first-order valence-electron chi connectivity index (χ1n) is 8.58. The van der Waals surface area contributed by atoms with E-state index < -0.39 is 12.0 Å². The molecule has 0 radical (unpaired) electrons. The predicted molar refractivity (Wildman–Crippen MR) is 88.7 cm³/mol. The molecule has 138 valence electrons. The van der Waals surface area contributed by atoms with E-state index in [0.29, 0.717) is 13.0 Å². The number of urea groups is 1. The molecule has 8 nitrogen and oxygen atoms in total. The quantitative estimate of drug-likeness (QED) is 0.442. The summed E-state index contributed by atoms with van der Waals surface area (Å²) in [6, 6.07) is -0.898. The van der Waals surface area contributed by atoms with Crippen LogP contribution < -0.4 is 16.0 Å². The molecule has 8 heteroatoms. The minimum Gasteiger partial charge on any atom is -0.480 e. The van der Waals surface area contributed by atoms with Gasteiger partial charge in [0.2, 0.25) is 5.91 Å². The highest BCUT2D eigenvalue weighted by atomic mass is 16.5. The van der Waals surface area contributed by atoms with E-state index in [1.165, 1.54) is 13.5 Å². The Bertz CT molecular complexity index is 411. The molecule has 1 fully saturated rings. The van der Waals surface area contributed by atoms with Crippen LogP contribution in [-0.4, -0.2) is 55.4 Å². The normalized spacial score (nSPS) is 16.2. The van der Waals surface area contributed by atoms with Crippen molar-refractivity contribution in [3.63, 3.8) is 0 Å². The number of ether oxygens (including phenoxy) is 1. The molecule has 0 aromatic rings. The lowest BCUT2D eigenvalue weighted by Gasteiger charge is -2.22. The van der Waals surface area contributed by atoms with Crippen LogP contribution >= 0.6 is 0 Å². The zero-order valence-corrected chi connectivity index (χ0v) is 14.3. The highest BCUT2D eigenvalue weighted by Crippen LogP contribution is 2.17. The lowest BCUT2D eigenvalue weighted by Crippen LogP contribution is -2.44. The van der Waals surface area contributed by atoms with E-state index in [4.69, 9.17) is 9.84 Å². The van der Waals surface area contributed by atoms with Gasteiger partial charge in [0.25, 0.3) is 0 Å². The fraction of sp³-hybridized carbons (Fsp3) is 0.812. The van der Waals surface area contributed by atoms with Crippen molar-refractivity contribution in [2.45, 2.75) is 63.5 Å². The molecule has 3 amide bonds. The number of carbonyl (C=O) groups is 3. The molecule has 0 bridgehead atoms. The van der Waals surface area contributed by atoms with Gasteiger partial charge in [-0.15, -0.1) is 0 Å². The smallest absolute Gasteiger partial charge is 0.326 e. The van der Waals surface area contributed by atoms with Crippen molar-refractivity contribution in [3.05, 3.63) is 0 Å². The van der Waals surface area contributed by atoms with Gasteiger partial charge in [-0.2, -0.15) is 0 Å². The van der Waals surface area contributed by atoms with E-state index in [1.54, 1.807) is 0 Å². The Kier molecular flexibility index (Phi) is 9.83. The van der Waals surface area contributed by atoms with Gasteiger partial charge in [-0.05, 0) is 19.3 Å². The standard InChI is InChI=1S/C16H29N3O5/c1-24-11-9-13(15(21)22)19-14(20)8-5-10-17-16(23)18-12-6-3-2-4-7-12/h12-13H,2-11H2,1H3,(H,19,20)(H,21,22)(H2,17,18,23). The molecule has 0 spiro atoms. The number of carbonyl (C=O) groups excluding carboxylic acids is 2. The lowest BCUT2D eigenvalue weighted by atomic mass is 9.96. The Labute approximate surface area is 142 Å². The molecule has 1 atom stereocenters. The molecule has 0 aromatic heterocycles. The first kappa shape index (κ1) is 20.2. The van der Waals surface area contributed by atoms with Crippen molar-refractivity contribution in [2.75, 3.05) is 20.3 Å². The van der Waals surface area contributed by atoms with Gasteiger partial charge in [0.15, 0.2) is 0 Å². The Morgan fingerprint density at radius 1 is 1.21 bits per heavy atom. The van der Waals surface area contributed by atoms with Crippen LogP contribution in [0, 0.1) is 0 Å². The third-order valence-electron chi connectivity index (χ3n) is 4.05. The minimum atomic E-state index is -1.08. The summed E-state index contributed by atoms with van der Waals surface area (Å²) in [6.07, 6.45) is 6.43. The molecule has 0 aromatic carbocycles. The van der Waals surface area contributed by atoms with Crippen molar-refractivity contribution in [1.82, 2.24) is 16.0 Å². The number of rotatable bonds is 10. The molecule has 1 aliphatic rings. The second-order valence-electron chi connectivity index (χ2n) is 6.08. The van der Waals surface area contributed by atoms with Gasteiger partial charge in [0, 0.05) is 39.1 Å². The number of carboxylic acids is 1. The summed E-state index contributed by atoms with van der Waals surface area (Å²) in [5.74, 6) is -1.42. The monoisotopic (exact) mass is 343 g/mol. The van der Waals surface area contributed by atoms with Crippen molar-refractivity contribution in [2.24, 2.45) is 0 Å². The highest BCUT2D eigenvalue weighted by molar-refractivity contribution is 5.83. The Morgan fingerprint density at radius 3 is 2.54 bits per heavy atom. The van der Waals surface area contributed by atoms with E-state index in [0.717, 1.165) is 25.7 Å². The molecule has 0 saturated heterocycles. The van der Waals surface area contributed by atoms with Gasteiger partial charge in [-0.25, -0.2) is 9.59 Å². The van der Waals surface area contributed by atoms with Crippen LogP contribution in [-0.2, 0) is 14.3 Å². The maximum atomic E-state index is 11.7. The molecule has 1 unspecified atom stereocenters. The van der Waals surface area contributed by atoms with Crippen LogP contribution in [0.25, 0.3) is 0 Å². The fourth-order valence-corrected chi connectivity index (χ4v) is 2.69. The maximum absolute atomic E-state index is 11.7. The van der Waals surface area contributed by atoms with Crippen LogP contribution in [0.15, 0.2) is 0 Å². The molecule has 0 heterocycles.